The van der Waals surface area contributed by atoms with Crippen LogP contribution in [0.3, 0.4) is 0 Å². The third-order valence-electron chi connectivity index (χ3n) is 3.92. The quantitative estimate of drug-likeness (QED) is 0.940. The lowest BCUT2D eigenvalue weighted by atomic mass is 9.96. The predicted molar refractivity (Wildman–Crippen MR) is 82.6 cm³/mol. The number of aryl methyl sites for hydroxylation is 1. The van der Waals surface area contributed by atoms with E-state index in [1.54, 1.807) is 6.07 Å². The molecule has 2 heterocycles. The topological polar surface area (TPSA) is 45.5 Å². The number of anilines is 1. The van der Waals surface area contributed by atoms with Gasteiger partial charge in [0, 0.05) is 18.3 Å². The summed E-state index contributed by atoms with van der Waals surface area (Å²) >= 11 is 0. The van der Waals surface area contributed by atoms with E-state index in [1.165, 1.54) is 11.8 Å². The fourth-order valence-electron chi connectivity index (χ4n) is 2.94. The van der Waals surface area contributed by atoms with Crippen LogP contribution in [0.2, 0.25) is 0 Å². The molecule has 0 aliphatic carbocycles. The van der Waals surface area contributed by atoms with Crippen molar-refractivity contribution < 1.29 is 9.21 Å². The Morgan fingerprint density at radius 2 is 2.24 bits per heavy atom. The highest BCUT2D eigenvalue weighted by Gasteiger charge is 2.29. The molecule has 0 spiro atoms. The first kappa shape index (κ1) is 13.9. The van der Waals surface area contributed by atoms with Crippen molar-refractivity contribution in [3.8, 4) is 0 Å². The van der Waals surface area contributed by atoms with Crippen molar-refractivity contribution in [1.29, 1.82) is 0 Å². The summed E-state index contributed by atoms with van der Waals surface area (Å²) in [5.74, 6) is 0.767. The number of hydrogen-bond donors (Lipinski definition) is 1. The normalized spacial score (nSPS) is 17.6. The molecule has 2 aromatic rings. The second-order valence-electron chi connectivity index (χ2n) is 5.36. The zero-order valence-corrected chi connectivity index (χ0v) is 12.4. The first-order valence-corrected chi connectivity index (χ1v) is 7.40. The van der Waals surface area contributed by atoms with Gasteiger partial charge in [0.05, 0.1) is 5.56 Å². The van der Waals surface area contributed by atoms with Gasteiger partial charge in [-0.2, -0.15) is 0 Å². The summed E-state index contributed by atoms with van der Waals surface area (Å²) in [6.07, 6.45) is 2.46. The van der Waals surface area contributed by atoms with E-state index >= 15 is 0 Å². The maximum Gasteiger partial charge on any atom is 0.261 e. The Morgan fingerprint density at radius 3 is 2.95 bits per heavy atom. The van der Waals surface area contributed by atoms with Crippen LogP contribution >= 0.6 is 0 Å². The summed E-state index contributed by atoms with van der Waals surface area (Å²) in [6.45, 7) is 5.60. The Kier molecular flexibility index (Phi) is 3.80. The molecule has 1 atom stereocenters. The van der Waals surface area contributed by atoms with Crippen LogP contribution in [0.25, 0.3) is 0 Å². The third-order valence-corrected chi connectivity index (χ3v) is 3.92. The molecule has 110 valence electrons. The van der Waals surface area contributed by atoms with Gasteiger partial charge in [-0.05, 0) is 37.6 Å². The van der Waals surface area contributed by atoms with Crippen LogP contribution in [0, 0.1) is 6.92 Å². The van der Waals surface area contributed by atoms with Crippen molar-refractivity contribution in [3.63, 3.8) is 0 Å². The number of fused-ring (bicyclic) bond motifs is 1. The SMILES string of the molecule is CCNC1CCN(C(=O)c2coc(C)c2)c2ccccc21. The van der Waals surface area contributed by atoms with Crippen LogP contribution in [0.15, 0.2) is 41.0 Å². The van der Waals surface area contributed by atoms with Crippen molar-refractivity contribution in [1.82, 2.24) is 5.32 Å². The van der Waals surface area contributed by atoms with Crippen LogP contribution < -0.4 is 10.2 Å². The van der Waals surface area contributed by atoms with Gasteiger partial charge in [0.1, 0.15) is 12.0 Å². The van der Waals surface area contributed by atoms with Gasteiger partial charge in [0.25, 0.3) is 5.91 Å². The van der Waals surface area contributed by atoms with Gasteiger partial charge < -0.3 is 14.6 Å². The van der Waals surface area contributed by atoms with Crippen LogP contribution in [0.5, 0.6) is 0 Å². The van der Waals surface area contributed by atoms with Crippen molar-refractivity contribution in [2.75, 3.05) is 18.0 Å². The molecular weight excluding hydrogens is 264 g/mol. The Hall–Kier alpha value is -2.07. The molecule has 1 aliphatic heterocycles. The largest absolute Gasteiger partial charge is 0.469 e. The Labute approximate surface area is 124 Å². The van der Waals surface area contributed by atoms with Crippen molar-refractivity contribution in [2.24, 2.45) is 0 Å². The van der Waals surface area contributed by atoms with Crippen LogP contribution in [0.4, 0.5) is 5.69 Å². The van der Waals surface area contributed by atoms with E-state index in [4.69, 9.17) is 4.42 Å². The molecule has 0 bridgehead atoms. The number of carbonyl (C=O) groups excluding carboxylic acids is 1. The molecule has 21 heavy (non-hydrogen) atoms. The summed E-state index contributed by atoms with van der Waals surface area (Å²) in [6, 6.07) is 10.2. The molecule has 1 aromatic heterocycles. The smallest absolute Gasteiger partial charge is 0.261 e. The number of hydrogen-bond acceptors (Lipinski definition) is 3. The third kappa shape index (κ3) is 2.59. The molecule has 3 rings (SSSR count). The lowest BCUT2D eigenvalue weighted by Gasteiger charge is -2.34. The highest BCUT2D eigenvalue weighted by Crippen LogP contribution is 2.34. The van der Waals surface area contributed by atoms with Gasteiger partial charge in [-0.25, -0.2) is 0 Å². The molecule has 0 radical (unpaired) electrons. The highest BCUT2D eigenvalue weighted by atomic mass is 16.3. The standard InChI is InChI=1S/C17H20N2O2/c1-3-18-15-8-9-19(16-7-5-4-6-14(15)16)17(20)13-10-12(2)21-11-13/h4-7,10-11,15,18H,3,8-9H2,1-2H3. The maximum atomic E-state index is 12.7. The van der Waals surface area contributed by atoms with E-state index in [0.717, 1.165) is 31.0 Å². The number of carbonyl (C=O) groups is 1. The Bertz CT molecular complexity index is 648. The zero-order valence-electron chi connectivity index (χ0n) is 12.4. The Balaban J connectivity index is 1.94. The van der Waals surface area contributed by atoms with Gasteiger partial charge in [-0.3, -0.25) is 4.79 Å². The summed E-state index contributed by atoms with van der Waals surface area (Å²) in [5, 5.41) is 3.49. The Morgan fingerprint density at radius 1 is 1.43 bits per heavy atom. The summed E-state index contributed by atoms with van der Waals surface area (Å²) < 4.78 is 5.26. The van der Waals surface area contributed by atoms with E-state index in [0.29, 0.717) is 11.6 Å². The molecular formula is C17H20N2O2. The molecule has 0 fully saturated rings. The van der Waals surface area contributed by atoms with Gasteiger partial charge >= 0.3 is 0 Å². The van der Waals surface area contributed by atoms with Crippen molar-refractivity contribution >= 4 is 11.6 Å². The van der Waals surface area contributed by atoms with Crippen LogP contribution in [-0.2, 0) is 0 Å². The molecule has 4 heteroatoms. The zero-order chi connectivity index (χ0) is 14.8. The van der Waals surface area contributed by atoms with E-state index in [1.807, 2.05) is 30.0 Å². The lowest BCUT2D eigenvalue weighted by Crippen LogP contribution is -2.39. The molecule has 1 amide bonds. The predicted octanol–water partition coefficient (Wildman–Crippen LogP) is 3.29. The molecule has 0 saturated carbocycles. The fourth-order valence-corrected chi connectivity index (χ4v) is 2.94. The van der Waals surface area contributed by atoms with Gasteiger partial charge in [0.15, 0.2) is 0 Å². The summed E-state index contributed by atoms with van der Waals surface area (Å²) in [7, 11) is 0. The lowest BCUT2D eigenvalue weighted by molar-refractivity contribution is 0.0983. The van der Waals surface area contributed by atoms with Crippen LogP contribution in [0.1, 0.15) is 41.1 Å². The summed E-state index contributed by atoms with van der Waals surface area (Å²) in [4.78, 5) is 14.5. The minimum atomic E-state index is 0.00856. The minimum Gasteiger partial charge on any atom is -0.469 e. The van der Waals surface area contributed by atoms with Gasteiger partial charge in [-0.1, -0.05) is 25.1 Å². The molecule has 1 N–H and O–H groups in total. The number of rotatable bonds is 3. The van der Waals surface area contributed by atoms with Crippen molar-refractivity contribution in [3.05, 3.63) is 53.5 Å². The number of furan rings is 1. The number of amides is 1. The fraction of sp³-hybridized carbons (Fsp3) is 0.353. The summed E-state index contributed by atoms with van der Waals surface area (Å²) in [5.41, 5.74) is 2.81. The number of nitrogens with zero attached hydrogens (tertiary/aromatic N) is 1. The maximum absolute atomic E-state index is 12.7. The average molecular weight is 284 g/mol. The monoisotopic (exact) mass is 284 g/mol. The van der Waals surface area contributed by atoms with Crippen LogP contribution in [-0.4, -0.2) is 19.0 Å². The molecule has 1 unspecified atom stereocenters. The first-order chi connectivity index (χ1) is 10.2. The van der Waals surface area contributed by atoms with E-state index in [9.17, 15) is 4.79 Å². The van der Waals surface area contributed by atoms with E-state index in [-0.39, 0.29) is 5.91 Å². The molecule has 1 aliphatic rings. The molecule has 0 saturated heterocycles. The average Bonchev–Trinajstić information content (AvgIpc) is 2.94. The number of para-hydroxylation sites is 1. The van der Waals surface area contributed by atoms with Gasteiger partial charge in [-0.15, -0.1) is 0 Å². The highest BCUT2D eigenvalue weighted by molar-refractivity contribution is 6.06. The molecule has 4 nitrogen and oxygen atoms in total. The number of nitrogens with one attached hydrogen (secondary N) is 1. The second kappa shape index (κ2) is 5.74. The van der Waals surface area contributed by atoms with E-state index in [2.05, 4.69) is 18.3 Å². The van der Waals surface area contributed by atoms with E-state index < -0.39 is 0 Å². The van der Waals surface area contributed by atoms with Gasteiger partial charge in [0.2, 0.25) is 0 Å². The molecule has 1 aromatic carbocycles. The minimum absolute atomic E-state index is 0.00856. The first-order valence-electron chi connectivity index (χ1n) is 7.40. The number of benzene rings is 1. The van der Waals surface area contributed by atoms with Crippen molar-refractivity contribution in [2.45, 2.75) is 26.3 Å². The second-order valence-corrected chi connectivity index (χ2v) is 5.36.